The molecule has 4 rings (SSSR count). The molecular formula is C15H16N4O. The van der Waals surface area contributed by atoms with E-state index in [9.17, 15) is 0 Å². The molecule has 1 aromatic carbocycles. The fourth-order valence-corrected chi connectivity index (χ4v) is 3.03. The Morgan fingerprint density at radius 1 is 1.30 bits per heavy atom. The second-order valence-electron chi connectivity index (χ2n) is 5.19. The zero-order chi connectivity index (χ0) is 13.5. The Kier molecular flexibility index (Phi) is 2.60. The summed E-state index contributed by atoms with van der Waals surface area (Å²) in [4.78, 5) is 4.16. The molecule has 0 fully saturated rings. The smallest absolute Gasteiger partial charge is 0.181 e. The molecule has 0 radical (unpaired) electrons. The van der Waals surface area contributed by atoms with Crippen LogP contribution in [0.3, 0.4) is 0 Å². The summed E-state index contributed by atoms with van der Waals surface area (Å²) in [5.41, 5.74) is 12.1. The van der Waals surface area contributed by atoms with Crippen molar-refractivity contribution < 1.29 is 4.42 Å². The SMILES string of the molecule is NCc1nn2c(c1-c1ccc3ncoc3c1)CCCC2. The molecule has 0 saturated heterocycles. The molecule has 20 heavy (non-hydrogen) atoms. The van der Waals surface area contributed by atoms with Crippen molar-refractivity contribution in [3.8, 4) is 11.1 Å². The summed E-state index contributed by atoms with van der Waals surface area (Å²) in [6.07, 6.45) is 4.95. The third-order valence-corrected chi connectivity index (χ3v) is 3.98. The standard InChI is InChI=1S/C15H16N4O/c16-8-12-15(13-3-1-2-6-19(13)18-12)10-4-5-11-14(7-10)20-9-17-11/h4-5,7,9H,1-3,6,8,16H2. The first-order chi connectivity index (χ1) is 9.86. The number of oxazole rings is 1. The van der Waals surface area contributed by atoms with Crippen LogP contribution in [0, 0.1) is 0 Å². The van der Waals surface area contributed by atoms with E-state index < -0.39 is 0 Å². The van der Waals surface area contributed by atoms with Crippen molar-refractivity contribution >= 4 is 11.1 Å². The quantitative estimate of drug-likeness (QED) is 0.775. The largest absolute Gasteiger partial charge is 0.443 e. The van der Waals surface area contributed by atoms with Crippen LogP contribution >= 0.6 is 0 Å². The van der Waals surface area contributed by atoms with E-state index in [1.54, 1.807) is 0 Å². The number of hydrogen-bond donors (Lipinski definition) is 1. The lowest BCUT2D eigenvalue weighted by molar-refractivity contribution is 0.484. The van der Waals surface area contributed by atoms with E-state index in [-0.39, 0.29) is 0 Å². The van der Waals surface area contributed by atoms with Gasteiger partial charge in [0, 0.05) is 24.3 Å². The summed E-state index contributed by atoms with van der Waals surface area (Å²) in [5.74, 6) is 0. The van der Waals surface area contributed by atoms with Gasteiger partial charge in [0.05, 0.1) is 5.69 Å². The van der Waals surface area contributed by atoms with Crippen LogP contribution < -0.4 is 5.73 Å². The monoisotopic (exact) mass is 268 g/mol. The predicted octanol–water partition coefficient (Wildman–Crippen LogP) is 2.49. The highest BCUT2D eigenvalue weighted by Crippen LogP contribution is 2.32. The van der Waals surface area contributed by atoms with Gasteiger partial charge >= 0.3 is 0 Å². The van der Waals surface area contributed by atoms with Crippen molar-refractivity contribution in [2.75, 3.05) is 0 Å². The lowest BCUT2D eigenvalue weighted by atomic mass is 9.98. The summed E-state index contributed by atoms with van der Waals surface area (Å²) >= 11 is 0. The first-order valence-electron chi connectivity index (χ1n) is 6.99. The molecule has 0 spiro atoms. The number of aryl methyl sites for hydroxylation is 1. The van der Waals surface area contributed by atoms with Gasteiger partial charge in [-0.1, -0.05) is 6.07 Å². The highest BCUT2D eigenvalue weighted by atomic mass is 16.3. The van der Waals surface area contributed by atoms with Crippen molar-refractivity contribution in [1.82, 2.24) is 14.8 Å². The molecule has 0 saturated carbocycles. The van der Waals surface area contributed by atoms with Crippen molar-refractivity contribution in [1.29, 1.82) is 0 Å². The van der Waals surface area contributed by atoms with E-state index >= 15 is 0 Å². The van der Waals surface area contributed by atoms with E-state index in [0.29, 0.717) is 6.54 Å². The lowest BCUT2D eigenvalue weighted by Gasteiger charge is -2.14. The Labute approximate surface area is 116 Å². The van der Waals surface area contributed by atoms with Gasteiger partial charge < -0.3 is 10.2 Å². The topological polar surface area (TPSA) is 69.9 Å². The van der Waals surface area contributed by atoms with Crippen LogP contribution in [-0.2, 0) is 19.5 Å². The maximum absolute atomic E-state index is 5.88. The molecule has 2 N–H and O–H groups in total. The summed E-state index contributed by atoms with van der Waals surface area (Å²) in [7, 11) is 0. The Hall–Kier alpha value is -2.14. The van der Waals surface area contributed by atoms with Gasteiger partial charge in [-0.25, -0.2) is 4.98 Å². The molecule has 0 amide bonds. The Morgan fingerprint density at radius 3 is 3.15 bits per heavy atom. The van der Waals surface area contributed by atoms with E-state index in [4.69, 9.17) is 10.2 Å². The Bertz CT molecular complexity index is 771. The minimum atomic E-state index is 0.462. The second-order valence-corrected chi connectivity index (χ2v) is 5.19. The molecule has 0 unspecified atom stereocenters. The van der Waals surface area contributed by atoms with Gasteiger partial charge in [-0.15, -0.1) is 0 Å². The summed E-state index contributed by atoms with van der Waals surface area (Å²) in [6, 6.07) is 6.10. The zero-order valence-electron chi connectivity index (χ0n) is 11.2. The average molecular weight is 268 g/mol. The highest BCUT2D eigenvalue weighted by molar-refractivity contribution is 5.81. The first-order valence-corrected chi connectivity index (χ1v) is 6.99. The number of rotatable bonds is 2. The van der Waals surface area contributed by atoms with Crippen LogP contribution in [0.25, 0.3) is 22.2 Å². The van der Waals surface area contributed by atoms with E-state index in [0.717, 1.165) is 35.3 Å². The van der Waals surface area contributed by atoms with Gasteiger partial charge in [-0.2, -0.15) is 5.10 Å². The average Bonchev–Trinajstić information content (AvgIpc) is 3.09. The molecule has 3 heterocycles. The van der Waals surface area contributed by atoms with E-state index in [1.807, 2.05) is 12.1 Å². The second kappa shape index (κ2) is 4.45. The van der Waals surface area contributed by atoms with Gasteiger partial charge in [0.15, 0.2) is 12.0 Å². The summed E-state index contributed by atoms with van der Waals surface area (Å²) < 4.78 is 7.52. The third kappa shape index (κ3) is 1.67. The van der Waals surface area contributed by atoms with Crippen molar-refractivity contribution in [2.24, 2.45) is 5.73 Å². The number of nitrogens with zero attached hydrogens (tertiary/aromatic N) is 3. The Balaban J connectivity index is 1.93. The summed E-state index contributed by atoms with van der Waals surface area (Å²) in [6.45, 7) is 1.46. The number of fused-ring (bicyclic) bond motifs is 2. The van der Waals surface area contributed by atoms with Gasteiger partial charge in [0.25, 0.3) is 0 Å². The molecule has 0 aliphatic carbocycles. The minimum Gasteiger partial charge on any atom is -0.443 e. The molecule has 3 aromatic rings. The van der Waals surface area contributed by atoms with Gasteiger partial charge in [0.2, 0.25) is 0 Å². The van der Waals surface area contributed by atoms with Gasteiger partial charge in [0.1, 0.15) is 5.52 Å². The molecule has 0 atom stereocenters. The fraction of sp³-hybridized carbons (Fsp3) is 0.333. The van der Waals surface area contributed by atoms with Crippen molar-refractivity contribution in [3.05, 3.63) is 36.0 Å². The molecule has 2 aromatic heterocycles. The summed E-state index contributed by atoms with van der Waals surface area (Å²) in [5, 5.41) is 4.66. The van der Waals surface area contributed by atoms with Crippen LogP contribution in [0.15, 0.2) is 29.0 Å². The number of benzene rings is 1. The van der Waals surface area contributed by atoms with Gasteiger partial charge in [-0.3, -0.25) is 4.68 Å². The fourth-order valence-electron chi connectivity index (χ4n) is 3.03. The number of hydrogen-bond acceptors (Lipinski definition) is 4. The maximum Gasteiger partial charge on any atom is 0.181 e. The lowest BCUT2D eigenvalue weighted by Crippen LogP contribution is -2.11. The molecule has 102 valence electrons. The normalized spacial score (nSPS) is 14.7. The zero-order valence-corrected chi connectivity index (χ0v) is 11.2. The van der Waals surface area contributed by atoms with Crippen LogP contribution in [0.5, 0.6) is 0 Å². The van der Waals surface area contributed by atoms with Gasteiger partial charge in [-0.05, 0) is 37.0 Å². The molecule has 0 bridgehead atoms. The Morgan fingerprint density at radius 2 is 2.25 bits per heavy atom. The number of aromatic nitrogens is 3. The first kappa shape index (κ1) is 11.7. The van der Waals surface area contributed by atoms with Crippen LogP contribution in [-0.4, -0.2) is 14.8 Å². The van der Waals surface area contributed by atoms with Crippen LogP contribution in [0.4, 0.5) is 0 Å². The minimum absolute atomic E-state index is 0.462. The van der Waals surface area contributed by atoms with E-state index in [1.165, 1.54) is 30.5 Å². The van der Waals surface area contributed by atoms with Crippen molar-refractivity contribution in [3.63, 3.8) is 0 Å². The van der Waals surface area contributed by atoms with Crippen LogP contribution in [0.1, 0.15) is 24.2 Å². The molecule has 5 heteroatoms. The maximum atomic E-state index is 5.88. The van der Waals surface area contributed by atoms with Crippen molar-refractivity contribution in [2.45, 2.75) is 32.4 Å². The van der Waals surface area contributed by atoms with Crippen LogP contribution in [0.2, 0.25) is 0 Å². The molecular weight excluding hydrogens is 252 g/mol. The third-order valence-electron chi connectivity index (χ3n) is 3.98. The molecule has 5 nitrogen and oxygen atoms in total. The highest BCUT2D eigenvalue weighted by Gasteiger charge is 2.21. The number of nitrogens with two attached hydrogens (primary N) is 1. The molecule has 1 aliphatic rings. The van der Waals surface area contributed by atoms with E-state index in [2.05, 4.69) is 20.8 Å². The molecule has 1 aliphatic heterocycles. The predicted molar refractivity (Wildman–Crippen MR) is 76.1 cm³/mol.